The molecule has 1 aromatic rings. The standard InChI is InChI=1S/C12H19N3OS/c1-8-6-14-12(17-8)9(2)13-7-11(16)15(3)10-4-5-10/h6,9-10,13H,4-5,7H2,1-3H3. The van der Waals surface area contributed by atoms with Gasteiger partial charge in [-0.15, -0.1) is 11.3 Å². The van der Waals surface area contributed by atoms with E-state index in [2.05, 4.69) is 10.3 Å². The van der Waals surface area contributed by atoms with Crippen LogP contribution in [0.25, 0.3) is 0 Å². The lowest BCUT2D eigenvalue weighted by Crippen LogP contribution is -2.37. The summed E-state index contributed by atoms with van der Waals surface area (Å²) in [7, 11) is 1.89. The Kier molecular flexibility index (Phi) is 3.79. The van der Waals surface area contributed by atoms with Crippen molar-refractivity contribution in [3.63, 3.8) is 0 Å². The number of rotatable bonds is 5. The van der Waals surface area contributed by atoms with Crippen LogP contribution in [0, 0.1) is 6.92 Å². The Morgan fingerprint density at radius 2 is 2.41 bits per heavy atom. The molecule has 1 atom stereocenters. The van der Waals surface area contributed by atoms with Gasteiger partial charge in [0.15, 0.2) is 0 Å². The van der Waals surface area contributed by atoms with Crippen LogP contribution in [0.2, 0.25) is 0 Å². The molecule has 1 N–H and O–H groups in total. The normalized spacial score (nSPS) is 16.9. The number of nitrogens with zero attached hydrogens (tertiary/aromatic N) is 2. The molecule has 1 amide bonds. The third-order valence-electron chi connectivity index (χ3n) is 3.06. The van der Waals surface area contributed by atoms with Crippen LogP contribution < -0.4 is 5.32 Å². The Morgan fingerprint density at radius 3 is 2.94 bits per heavy atom. The summed E-state index contributed by atoms with van der Waals surface area (Å²) in [5.74, 6) is 0.174. The van der Waals surface area contributed by atoms with Gasteiger partial charge < -0.3 is 4.90 Å². The van der Waals surface area contributed by atoms with E-state index in [0.717, 1.165) is 17.8 Å². The number of aryl methyl sites for hydroxylation is 1. The van der Waals surface area contributed by atoms with Gasteiger partial charge in [-0.3, -0.25) is 10.1 Å². The molecule has 0 aromatic carbocycles. The minimum Gasteiger partial charge on any atom is -0.342 e. The van der Waals surface area contributed by atoms with Gasteiger partial charge in [-0.25, -0.2) is 4.98 Å². The summed E-state index contributed by atoms with van der Waals surface area (Å²) in [4.78, 5) is 19.2. The van der Waals surface area contributed by atoms with Gasteiger partial charge in [0.25, 0.3) is 0 Å². The number of carbonyl (C=O) groups is 1. The van der Waals surface area contributed by atoms with E-state index in [0.29, 0.717) is 12.6 Å². The second-order valence-corrected chi connectivity index (χ2v) is 5.91. The number of carbonyl (C=O) groups excluding carboxylic acids is 1. The average Bonchev–Trinajstić information content (AvgIpc) is 3.07. The van der Waals surface area contributed by atoms with Crippen molar-refractivity contribution < 1.29 is 4.79 Å². The topological polar surface area (TPSA) is 45.2 Å². The zero-order valence-corrected chi connectivity index (χ0v) is 11.4. The molecule has 1 heterocycles. The second-order valence-electron chi connectivity index (χ2n) is 4.65. The van der Waals surface area contributed by atoms with E-state index in [9.17, 15) is 4.79 Å². The molecule has 1 aliphatic rings. The number of hydrogen-bond donors (Lipinski definition) is 1. The fourth-order valence-corrected chi connectivity index (χ4v) is 2.49. The first-order valence-corrected chi connectivity index (χ1v) is 6.81. The summed E-state index contributed by atoms with van der Waals surface area (Å²) < 4.78 is 0. The summed E-state index contributed by atoms with van der Waals surface area (Å²) in [5.41, 5.74) is 0. The maximum Gasteiger partial charge on any atom is 0.236 e. The monoisotopic (exact) mass is 253 g/mol. The molecule has 0 bridgehead atoms. The maximum absolute atomic E-state index is 11.8. The molecule has 5 heteroatoms. The number of nitrogens with one attached hydrogen (secondary N) is 1. The molecule has 1 saturated carbocycles. The van der Waals surface area contributed by atoms with Crippen molar-refractivity contribution in [1.82, 2.24) is 15.2 Å². The van der Waals surface area contributed by atoms with Gasteiger partial charge in [0.2, 0.25) is 5.91 Å². The third-order valence-corrected chi connectivity index (χ3v) is 4.15. The quantitative estimate of drug-likeness (QED) is 0.869. The Morgan fingerprint density at radius 1 is 1.71 bits per heavy atom. The highest BCUT2D eigenvalue weighted by Crippen LogP contribution is 2.25. The minimum absolute atomic E-state index is 0.144. The zero-order valence-electron chi connectivity index (χ0n) is 10.6. The molecule has 0 aliphatic heterocycles. The first kappa shape index (κ1) is 12.5. The highest BCUT2D eigenvalue weighted by atomic mass is 32.1. The Bertz CT molecular complexity index is 400. The fourth-order valence-electron chi connectivity index (χ4n) is 1.69. The summed E-state index contributed by atoms with van der Waals surface area (Å²) in [6.07, 6.45) is 4.18. The molecule has 0 radical (unpaired) electrons. The van der Waals surface area contributed by atoms with Crippen molar-refractivity contribution in [3.8, 4) is 0 Å². The van der Waals surface area contributed by atoms with Crippen LogP contribution >= 0.6 is 11.3 Å². The first-order valence-electron chi connectivity index (χ1n) is 5.99. The van der Waals surface area contributed by atoms with Crippen LogP contribution in [-0.2, 0) is 4.79 Å². The van der Waals surface area contributed by atoms with Gasteiger partial charge in [0, 0.05) is 24.2 Å². The van der Waals surface area contributed by atoms with Crippen LogP contribution in [0.5, 0.6) is 0 Å². The predicted octanol–water partition coefficient (Wildman–Crippen LogP) is 1.72. The highest BCUT2D eigenvalue weighted by molar-refractivity contribution is 7.11. The van der Waals surface area contributed by atoms with Gasteiger partial charge >= 0.3 is 0 Å². The van der Waals surface area contributed by atoms with Gasteiger partial charge in [0.1, 0.15) is 5.01 Å². The van der Waals surface area contributed by atoms with E-state index in [-0.39, 0.29) is 11.9 Å². The van der Waals surface area contributed by atoms with Crippen LogP contribution in [-0.4, -0.2) is 35.4 Å². The van der Waals surface area contributed by atoms with Crippen LogP contribution in [0.15, 0.2) is 6.20 Å². The largest absolute Gasteiger partial charge is 0.342 e. The molecule has 2 rings (SSSR count). The summed E-state index contributed by atoms with van der Waals surface area (Å²) in [6.45, 7) is 4.48. The zero-order chi connectivity index (χ0) is 12.4. The SMILES string of the molecule is Cc1cnc(C(C)NCC(=O)N(C)C2CC2)s1. The van der Waals surface area contributed by atoms with E-state index in [1.807, 2.05) is 32.0 Å². The van der Waals surface area contributed by atoms with Crippen molar-refractivity contribution in [2.24, 2.45) is 0 Å². The van der Waals surface area contributed by atoms with E-state index >= 15 is 0 Å². The summed E-state index contributed by atoms with van der Waals surface area (Å²) in [5, 5.41) is 4.28. The molecule has 94 valence electrons. The highest BCUT2D eigenvalue weighted by Gasteiger charge is 2.29. The van der Waals surface area contributed by atoms with E-state index in [1.165, 1.54) is 4.88 Å². The Balaban J connectivity index is 1.79. The van der Waals surface area contributed by atoms with E-state index in [4.69, 9.17) is 0 Å². The molecular weight excluding hydrogens is 234 g/mol. The first-order chi connectivity index (χ1) is 8.08. The van der Waals surface area contributed by atoms with Gasteiger partial charge in [-0.05, 0) is 26.7 Å². The lowest BCUT2D eigenvalue weighted by molar-refractivity contribution is -0.129. The van der Waals surface area contributed by atoms with Gasteiger partial charge in [-0.2, -0.15) is 0 Å². The van der Waals surface area contributed by atoms with Crippen LogP contribution in [0.3, 0.4) is 0 Å². The van der Waals surface area contributed by atoms with Crippen molar-refractivity contribution >= 4 is 17.2 Å². The van der Waals surface area contributed by atoms with Crippen molar-refractivity contribution in [1.29, 1.82) is 0 Å². The van der Waals surface area contributed by atoms with Gasteiger partial charge in [-0.1, -0.05) is 0 Å². The lowest BCUT2D eigenvalue weighted by Gasteiger charge is -2.18. The molecule has 1 aliphatic carbocycles. The van der Waals surface area contributed by atoms with E-state index in [1.54, 1.807) is 11.3 Å². The molecule has 1 fully saturated rings. The number of aromatic nitrogens is 1. The smallest absolute Gasteiger partial charge is 0.236 e. The number of thiazole rings is 1. The molecular formula is C12H19N3OS. The maximum atomic E-state index is 11.8. The van der Waals surface area contributed by atoms with Crippen molar-refractivity contribution in [3.05, 3.63) is 16.1 Å². The third kappa shape index (κ3) is 3.26. The average molecular weight is 253 g/mol. The van der Waals surface area contributed by atoms with Crippen LogP contribution in [0.4, 0.5) is 0 Å². The second kappa shape index (κ2) is 5.14. The lowest BCUT2D eigenvalue weighted by atomic mass is 10.3. The summed E-state index contributed by atoms with van der Waals surface area (Å²) >= 11 is 1.68. The van der Waals surface area contributed by atoms with Gasteiger partial charge in [0.05, 0.1) is 12.6 Å². The molecule has 1 aromatic heterocycles. The Hall–Kier alpha value is -0.940. The molecule has 17 heavy (non-hydrogen) atoms. The number of amides is 1. The van der Waals surface area contributed by atoms with Crippen molar-refractivity contribution in [2.45, 2.75) is 38.8 Å². The summed E-state index contributed by atoms with van der Waals surface area (Å²) in [6, 6.07) is 0.631. The number of likely N-dealkylation sites (N-methyl/N-ethyl adjacent to an activating group) is 1. The number of hydrogen-bond acceptors (Lipinski definition) is 4. The predicted molar refractivity (Wildman–Crippen MR) is 69.1 cm³/mol. The van der Waals surface area contributed by atoms with Crippen LogP contribution in [0.1, 0.15) is 35.7 Å². The molecule has 4 nitrogen and oxygen atoms in total. The molecule has 0 saturated heterocycles. The Labute approximate surface area is 106 Å². The van der Waals surface area contributed by atoms with E-state index < -0.39 is 0 Å². The molecule has 1 unspecified atom stereocenters. The fraction of sp³-hybridized carbons (Fsp3) is 0.667. The minimum atomic E-state index is 0.144. The van der Waals surface area contributed by atoms with Crippen molar-refractivity contribution in [2.75, 3.05) is 13.6 Å². The molecule has 0 spiro atoms.